The molecule has 0 aliphatic heterocycles. The number of nitrogens with zero attached hydrogens (tertiary/aromatic N) is 1. The van der Waals surface area contributed by atoms with E-state index >= 15 is 0 Å². The largest absolute Gasteiger partial charge is 0.493 e. The molecule has 1 heterocycles. The highest BCUT2D eigenvalue weighted by atomic mass is 19.1. The number of nitrogens with one attached hydrogen (secondary N) is 1. The second kappa shape index (κ2) is 7.59. The zero-order valence-corrected chi connectivity index (χ0v) is 13.3. The Kier molecular flexibility index (Phi) is 5.53. The standard InChI is InChI=1S/C18H19FN2O2/c1-3-4-5-6-23-15-9-13(8-14(19)10-15)16-7-12(2)21-18(22)17(16)11-20/h7-10H,3-6H2,1-2H3,(H,21,22). The fourth-order valence-corrected chi connectivity index (χ4v) is 2.37. The van der Waals surface area contributed by atoms with E-state index in [1.54, 1.807) is 19.1 Å². The Bertz CT molecular complexity index is 791. The lowest BCUT2D eigenvalue weighted by molar-refractivity contribution is 0.305. The first-order valence-electron chi connectivity index (χ1n) is 7.63. The molecule has 5 heteroatoms. The lowest BCUT2D eigenvalue weighted by Crippen LogP contribution is -2.12. The van der Waals surface area contributed by atoms with Gasteiger partial charge in [0.25, 0.3) is 5.56 Å². The van der Waals surface area contributed by atoms with E-state index in [2.05, 4.69) is 11.9 Å². The molecule has 1 aromatic heterocycles. The third-order valence-corrected chi connectivity index (χ3v) is 3.48. The highest BCUT2D eigenvalue weighted by molar-refractivity contribution is 5.71. The molecule has 2 aromatic rings. The normalized spacial score (nSPS) is 10.3. The summed E-state index contributed by atoms with van der Waals surface area (Å²) in [6, 6.07) is 7.81. The van der Waals surface area contributed by atoms with Crippen LogP contribution in [-0.2, 0) is 0 Å². The van der Waals surface area contributed by atoms with Gasteiger partial charge in [0.2, 0.25) is 0 Å². The van der Waals surface area contributed by atoms with Crippen molar-refractivity contribution in [2.45, 2.75) is 33.1 Å². The second-order valence-corrected chi connectivity index (χ2v) is 5.41. The molecule has 0 fully saturated rings. The van der Waals surface area contributed by atoms with Crippen LogP contribution in [0.4, 0.5) is 4.39 Å². The predicted octanol–water partition coefficient (Wildman–Crippen LogP) is 3.93. The molecule has 0 saturated carbocycles. The van der Waals surface area contributed by atoms with Crippen molar-refractivity contribution in [2.24, 2.45) is 0 Å². The van der Waals surface area contributed by atoms with Gasteiger partial charge in [-0.25, -0.2) is 4.39 Å². The van der Waals surface area contributed by atoms with E-state index in [1.807, 2.05) is 6.07 Å². The molecule has 0 bridgehead atoms. The molecule has 23 heavy (non-hydrogen) atoms. The van der Waals surface area contributed by atoms with Crippen molar-refractivity contribution in [1.82, 2.24) is 4.98 Å². The number of aryl methyl sites for hydroxylation is 1. The first-order chi connectivity index (χ1) is 11.0. The molecule has 0 radical (unpaired) electrons. The maximum absolute atomic E-state index is 13.9. The van der Waals surface area contributed by atoms with Gasteiger partial charge in [-0.2, -0.15) is 5.26 Å². The third-order valence-electron chi connectivity index (χ3n) is 3.48. The molecular formula is C18H19FN2O2. The van der Waals surface area contributed by atoms with Gasteiger partial charge < -0.3 is 9.72 Å². The maximum Gasteiger partial charge on any atom is 0.266 e. The van der Waals surface area contributed by atoms with E-state index in [4.69, 9.17) is 4.74 Å². The van der Waals surface area contributed by atoms with Crippen LogP contribution in [-0.4, -0.2) is 11.6 Å². The van der Waals surface area contributed by atoms with Gasteiger partial charge in [0, 0.05) is 17.3 Å². The fraction of sp³-hybridized carbons (Fsp3) is 0.333. The molecule has 1 N–H and O–H groups in total. The summed E-state index contributed by atoms with van der Waals surface area (Å²) < 4.78 is 19.5. The van der Waals surface area contributed by atoms with Crippen molar-refractivity contribution in [3.05, 3.63) is 51.7 Å². The van der Waals surface area contributed by atoms with Crippen molar-refractivity contribution in [2.75, 3.05) is 6.61 Å². The number of benzene rings is 1. The average molecular weight is 314 g/mol. The van der Waals surface area contributed by atoms with Gasteiger partial charge >= 0.3 is 0 Å². The second-order valence-electron chi connectivity index (χ2n) is 5.41. The topological polar surface area (TPSA) is 65.9 Å². The van der Waals surface area contributed by atoms with E-state index in [1.165, 1.54) is 12.1 Å². The number of ether oxygens (including phenoxy) is 1. The van der Waals surface area contributed by atoms with E-state index in [-0.39, 0.29) is 5.56 Å². The number of nitriles is 1. The molecule has 0 spiro atoms. The molecule has 0 amide bonds. The van der Waals surface area contributed by atoms with Gasteiger partial charge in [-0.1, -0.05) is 19.8 Å². The Morgan fingerprint density at radius 1 is 1.26 bits per heavy atom. The molecule has 4 nitrogen and oxygen atoms in total. The van der Waals surface area contributed by atoms with Crippen LogP contribution in [0.2, 0.25) is 0 Å². The van der Waals surface area contributed by atoms with E-state index < -0.39 is 11.4 Å². The Morgan fingerprint density at radius 2 is 2.04 bits per heavy atom. The summed E-state index contributed by atoms with van der Waals surface area (Å²) in [6.07, 6.45) is 3.03. The minimum Gasteiger partial charge on any atom is -0.493 e. The summed E-state index contributed by atoms with van der Waals surface area (Å²) in [7, 11) is 0. The molecular weight excluding hydrogens is 295 g/mol. The molecule has 120 valence electrons. The first-order valence-corrected chi connectivity index (χ1v) is 7.63. The number of halogens is 1. The molecule has 0 atom stereocenters. The first kappa shape index (κ1) is 16.8. The van der Waals surface area contributed by atoms with Crippen LogP contribution in [0.25, 0.3) is 11.1 Å². The molecule has 0 aliphatic carbocycles. The smallest absolute Gasteiger partial charge is 0.266 e. The highest BCUT2D eigenvalue weighted by Crippen LogP contribution is 2.27. The summed E-state index contributed by atoms with van der Waals surface area (Å²) in [5.74, 6) is -0.0623. The molecule has 0 aliphatic rings. The van der Waals surface area contributed by atoms with Gasteiger partial charge in [0.05, 0.1) is 6.61 Å². The van der Waals surface area contributed by atoms with E-state index in [9.17, 15) is 14.4 Å². The van der Waals surface area contributed by atoms with Gasteiger partial charge in [0.15, 0.2) is 0 Å². The highest BCUT2D eigenvalue weighted by Gasteiger charge is 2.12. The Morgan fingerprint density at radius 3 is 2.74 bits per heavy atom. The zero-order valence-electron chi connectivity index (χ0n) is 13.3. The third kappa shape index (κ3) is 4.19. The predicted molar refractivity (Wildman–Crippen MR) is 86.9 cm³/mol. The summed E-state index contributed by atoms with van der Waals surface area (Å²) in [4.78, 5) is 14.5. The van der Waals surface area contributed by atoms with Gasteiger partial charge in [-0.3, -0.25) is 4.79 Å². The quantitative estimate of drug-likeness (QED) is 0.822. The van der Waals surface area contributed by atoms with Crippen LogP contribution in [0.5, 0.6) is 5.75 Å². The summed E-state index contributed by atoms with van der Waals surface area (Å²) in [5.41, 5.74) is 0.974. The zero-order chi connectivity index (χ0) is 16.8. The average Bonchev–Trinajstić information content (AvgIpc) is 2.50. The Hall–Kier alpha value is -2.61. The van der Waals surface area contributed by atoms with Crippen molar-refractivity contribution >= 4 is 0 Å². The summed E-state index contributed by atoms with van der Waals surface area (Å²) in [6.45, 7) is 4.32. The van der Waals surface area contributed by atoms with Crippen LogP contribution in [0.3, 0.4) is 0 Å². The maximum atomic E-state index is 13.9. The molecule has 1 aromatic carbocycles. The molecule has 0 saturated heterocycles. The van der Waals surface area contributed by atoms with Crippen LogP contribution in [0.1, 0.15) is 37.4 Å². The molecule has 2 rings (SSSR count). The number of unbranched alkanes of at least 4 members (excludes halogenated alkanes) is 2. The molecule has 0 unspecified atom stereocenters. The van der Waals surface area contributed by atoms with E-state index in [0.717, 1.165) is 19.3 Å². The van der Waals surface area contributed by atoms with Gasteiger partial charge in [-0.15, -0.1) is 0 Å². The lowest BCUT2D eigenvalue weighted by Gasteiger charge is -2.10. The Balaban J connectivity index is 2.39. The van der Waals surface area contributed by atoms with Crippen molar-refractivity contribution in [3.8, 4) is 22.9 Å². The minimum absolute atomic E-state index is 0.0295. The SMILES string of the molecule is CCCCCOc1cc(F)cc(-c2cc(C)[nH]c(=O)c2C#N)c1. The number of aromatic amines is 1. The van der Waals surface area contributed by atoms with Crippen LogP contribution in [0, 0.1) is 24.1 Å². The van der Waals surface area contributed by atoms with Crippen molar-refractivity contribution < 1.29 is 9.13 Å². The number of pyridine rings is 1. The Labute approximate surface area is 134 Å². The van der Waals surface area contributed by atoms with Crippen LogP contribution >= 0.6 is 0 Å². The van der Waals surface area contributed by atoms with Crippen LogP contribution in [0.15, 0.2) is 29.1 Å². The monoisotopic (exact) mass is 314 g/mol. The fourth-order valence-electron chi connectivity index (χ4n) is 2.37. The number of H-pyrrole nitrogens is 1. The number of hydrogen-bond acceptors (Lipinski definition) is 3. The van der Waals surface area contributed by atoms with Crippen molar-refractivity contribution in [1.29, 1.82) is 5.26 Å². The number of rotatable bonds is 6. The minimum atomic E-state index is -0.475. The van der Waals surface area contributed by atoms with Gasteiger partial charge in [0.1, 0.15) is 23.2 Å². The van der Waals surface area contributed by atoms with Crippen molar-refractivity contribution in [3.63, 3.8) is 0 Å². The summed E-state index contributed by atoms with van der Waals surface area (Å²) >= 11 is 0. The summed E-state index contributed by atoms with van der Waals surface area (Å²) in [5, 5.41) is 9.20. The number of aromatic nitrogens is 1. The van der Waals surface area contributed by atoms with Gasteiger partial charge in [-0.05, 0) is 37.1 Å². The lowest BCUT2D eigenvalue weighted by atomic mass is 10.0. The van der Waals surface area contributed by atoms with Crippen LogP contribution < -0.4 is 10.3 Å². The van der Waals surface area contributed by atoms with E-state index in [0.29, 0.717) is 29.2 Å². The number of hydrogen-bond donors (Lipinski definition) is 1.